The quantitative estimate of drug-likeness (QED) is 0.228. The van der Waals surface area contributed by atoms with Crippen LogP contribution in [0, 0.1) is 10.1 Å². The van der Waals surface area contributed by atoms with Crippen molar-refractivity contribution in [1.29, 1.82) is 0 Å². The highest BCUT2D eigenvalue weighted by Gasteiger charge is 2.37. The molecule has 0 aliphatic heterocycles. The lowest BCUT2D eigenvalue weighted by atomic mass is 9.92. The zero-order valence-corrected chi connectivity index (χ0v) is 19.0. The second-order valence-corrected chi connectivity index (χ2v) is 8.72. The highest BCUT2D eigenvalue weighted by Crippen LogP contribution is 2.37. The van der Waals surface area contributed by atoms with Crippen LogP contribution in [-0.4, -0.2) is 20.7 Å². The molecule has 2 aromatic carbocycles. The van der Waals surface area contributed by atoms with Crippen molar-refractivity contribution in [2.24, 2.45) is 0 Å². The summed E-state index contributed by atoms with van der Waals surface area (Å²) in [6.07, 6.45) is -10.2. The monoisotopic (exact) mass is 515 g/mol. The first-order valence-electron chi connectivity index (χ1n) is 10.2. The van der Waals surface area contributed by atoms with E-state index < -0.39 is 45.5 Å². The maximum Gasteiger partial charge on any atom is 0.416 e. The molecule has 2 amide bonds. The summed E-state index contributed by atoms with van der Waals surface area (Å²) >= 11 is 0. The van der Waals surface area contributed by atoms with E-state index in [2.05, 4.69) is 10.4 Å². The summed E-state index contributed by atoms with van der Waals surface area (Å²) in [5, 5.41) is 19.6. The van der Waals surface area contributed by atoms with Gasteiger partial charge in [0.05, 0.1) is 27.4 Å². The van der Waals surface area contributed by atoms with Crippen molar-refractivity contribution in [3.05, 3.63) is 75.5 Å². The van der Waals surface area contributed by atoms with Crippen LogP contribution in [0.3, 0.4) is 0 Å². The van der Waals surface area contributed by atoms with Crippen molar-refractivity contribution in [3.63, 3.8) is 0 Å². The Labute approximate surface area is 200 Å². The second kappa shape index (κ2) is 9.17. The van der Waals surface area contributed by atoms with Crippen molar-refractivity contribution >= 4 is 23.2 Å². The maximum atomic E-state index is 13.1. The van der Waals surface area contributed by atoms with E-state index in [1.54, 1.807) is 0 Å². The van der Waals surface area contributed by atoms with Crippen molar-refractivity contribution in [2.75, 3.05) is 10.6 Å². The van der Waals surface area contributed by atoms with Crippen LogP contribution in [0.25, 0.3) is 5.69 Å². The fraction of sp³-hybridized carbons (Fsp3) is 0.273. The molecule has 0 bridgehead atoms. The average Bonchev–Trinajstić information content (AvgIpc) is 3.16. The number of halogens is 6. The molecule has 0 atom stereocenters. The van der Waals surface area contributed by atoms with Crippen molar-refractivity contribution < 1.29 is 36.1 Å². The molecule has 1 heterocycles. The van der Waals surface area contributed by atoms with Crippen molar-refractivity contribution in [2.45, 2.75) is 38.5 Å². The predicted molar refractivity (Wildman–Crippen MR) is 118 cm³/mol. The van der Waals surface area contributed by atoms with Gasteiger partial charge < -0.3 is 5.32 Å². The Morgan fingerprint density at radius 1 is 0.889 bits per heavy atom. The van der Waals surface area contributed by atoms with Crippen molar-refractivity contribution in [1.82, 2.24) is 9.78 Å². The predicted octanol–water partition coefficient (Wildman–Crippen LogP) is 6.76. The van der Waals surface area contributed by atoms with Gasteiger partial charge in [-0.05, 0) is 30.3 Å². The lowest BCUT2D eigenvalue weighted by Gasteiger charge is -2.15. The summed E-state index contributed by atoms with van der Waals surface area (Å²) in [5.74, 6) is 0.0225. The summed E-state index contributed by atoms with van der Waals surface area (Å²) in [4.78, 5) is 22.9. The molecule has 0 saturated carbocycles. The molecule has 0 unspecified atom stereocenters. The van der Waals surface area contributed by atoms with Crippen molar-refractivity contribution in [3.8, 4) is 5.69 Å². The number of aromatic nitrogens is 2. The van der Waals surface area contributed by atoms with Crippen LogP contribution in [0.4, 0.5) is 48.3 Å². The number of carbonyl (C=O) groups excluding carboxylic acids is 1. The molecule has 8 nitrogen and oxygen atoms in total. The van der Waals surface area contributed by atoms with Crippen LogP contribution in [0.1, 0.15) is 37.6 Å². The van der Waals surface area contributed by atoms with Gasteiger partial charge in [0, 0.05) is 29.3 Å². The van der Waals surface area contributed by atoms with Gasteiger partial charge in [-0.1, -0.05) is 20.8 Å². The Kier molecular flexibility index (Phi) is 6.75. The number of hydrogen-bond donors (Lipinski definition) is 2. The molecule has 0 aliphatic rings. The Hall–Kier alpha value is -4.10. The third kappa shape index (κ3) is 6.12. The number of amides is 2. The topological polar surface area (TPSA) is 102 Å². The number of carbonyl (C=O) groups is 1. The molecule has 3 rings (SSSR count). The number of benzene rings is 2. The van der Waals surface area contributed by atoms with E-state index in [0.29, 0.717) is 23.5 Å². The van der Waals surface area contributed by atoms with Gasteiger partial charge in [0.2, 0.25) is 0 Å². The molecular weight excluding hydrogens is 496 g/mol. The number of anilines is 2. The lowest BCUT2D eigenvalue weighted by molar-refractivity contribution is -0.384. The van der Waals surface area contributed by atoms with E-state index in [-0.39, 0.29) is 17.6 Å². The van der Waals surface area contributed by atoms with Gasteiger partial charge in [-0.3, -0.25) is 15.4 Å². The Morgan fingerprint density at radius 2 is 1.42 bits per heavy atom. The van der Waals surface area contributed by atoms with Crippen LogP contribution in [0.5, 0.6) is 0 Å². The number of rotatable bonds is 4. The molecule has 0 radical (unpaired) electrons. The van der Waals surface area contributed by atoms with Gasteiger partial charge in [-0.2, -0.15) is 31.4 Å². The highest BCUT2D eigenvalue weighted by atomic mass is 19.4. The number of non-ortho nitro benzene ring substituents is 1. The van der Waals surface area contributed by atoms with Crippen LogP contribution < -0.4 is 10.6 Å². The second-order valence-electron chi connectivity index (χ2n) is 8.72. The lowest BCUT2D eigenvalue weighted by Crippen LogP contribution is -2.22. The van der Waals surface area contributed by atoms with E-state index >= 15 is 0 Å². The summed E-state index contributed by atoms with van der Waals surface area (Å²) in [5.41, 5.74) is -3.82. The molecule has 0 fully saturated rings. The fourth-order valence-corrected chi connectivity index (χ4v) is 3.05. The van der Waals surface area contributed by atoms with E-state index in [1.807, 2.05) is 26.1 Å². The Morgan fingerprint density at radius 3 is 1.86 bits per heavy atom. The molecular formula is C22H19F6N5O3. The minimum atomic E-state index is -5.08. The van der Waals surface area contributed by atoms with Gasteiger partial charge in [-0.25, -0.2) is 9.48 Å². The number of urea groups is 1. The molecule has 3 aromatic rings. The van der Waals surface area contributed by atoms with Crippen LogP contribution in [0.15, 0.2) is 48.5 Å². The third-order valence-corrected chi connectivity index (χ3v) is 4.87. The van der Waals surface area contributed by atoms with Crippen LogP contribution >= 0.6 is 0 Å². The average molecular weight is 515 g/mol. The maximum absolute atomic E-state index is 13.1. The molecule has 14 heteroatoms. The molecule has 1 aromatic heterocycles. The first-order valence-corrected chi connectivity index (χ1v) is 10.2. The van der Waals surface area contributed by atoms with Gasteiger partial charge in [0.25, 0.3) is 5.69 Å². The number of nitro benzene ring substituents is 1. The van der Waals surface area contributed by atoms with Gasteiger partial charge in [-0.15, -0.1) is 0 Å². The standard InChI is InChI=1S/C22H19F6N5O3/c1-20(2,3)17-11-18(32(31-17)15-4-6-16(7-5-15)33(35)36)30-19(34)29-14-9-12(21(23,24)25)8-13(10-14)22(26,27)28/h4-11H,1-3H3,(H2,29,30,34). The van der Waals surface area contributed by atoms with E-state index in [1.165, 1.54) is 35.0 Å². The molecule has 2 N–H and O–H groups in total. The molecule has 0 aliphatic carbocycles. The zero-order valence-electron chi connectivity index (χ0n) is 19.0. The first-order chi connectivity index (χ1) is 16.4. The summed E-state index contributed by atoms with van der Waals surface area (Å²) in [7, 11) is 0. The largest absolute Gasteiger partial charge is 0.416 e. The fourth-order valence-electron chi connectivity index (χ4n) is 3.05. The zero-order chi connectivity index (χ0) is 27.1. The van der Waals surface area contributed by atoms with Gasteiger partial charge >= 0.3 is 18.4 Å². The Balaban J connectivity index is 1.96. The molecule has 0 saturated heterocycles. The van der Waals surface area contributed by atoms with E-state index in [0.717, 1.165) is 0 Å². The normalized spacial score (nSPS) is 12.4. The number of hydrogen-bond acceptors (Lipinski definition) is 4. The number of nitrogens with one attached hydrogen (secondary N) is 2. The molecule has 36 heavy (non-hydrogen) atoms. The number of nitrogens with zero attached hydrogens (tertiary/aromatic N) is 3. The van der Waals surface area contributed by atoms with Crippen LogP contribution in [0.2, 0.25) is 0 Å². The summed E-state index contributed by atoms with van der Waals surface area (Å²) in [6.45, 7) is 5.46. The van der Waals surface area contributed by atoms with E-state index in [4.69, 9.17) is 0 Å². The van der Waals surface area contributed by atoms with E-state index in [9.17, 15) is 41.3 Å². The highest BCUT2D eigenvalue weighted by molar-refractivity contribution is 5.99. The third-order valence-electron chi connectivity index (χ3n) is 4.87. The molecule has 192 valence electrons. The number of alkyl halides is 6. The van der Waals surface area contributed by atoms with Gasteiger partial charge in [0.1, 0.15) is 5.82 Å². The minimum Gasteiger partial charge on any atom is -0.308 e. The van der Waals surface area contributed by atoms with Crippen LogP contribution in [-0.2, 0) is 17.8 Å². The summed E-state index contributed by atoms with van der Waals surface area (Å²) < 4.78 is 79.9. The first kappa shape index (κ1) is 26.5. The SMILES string of the molecule is CC(C)(C)c1cc(NC(=O)Nc2cc(C(F)(F)F)cc(C(F)(F)F)c2)n(-c2ccc([N+](=O)[O-])cc2)n1. The molecule has 0 spiro atoms. The minimum absolute atomic E-state index is 0.0225. The van der Waals surface area contributed by atoms with Gasteiger partial charge in [0.15, 0.2) is 0 Å². The Bertz CT molecular complexity index is 1260. The smallest absolute Gasteiger partial charge is 0.308 e. The number of nitro groups is 1. The summed E-state index contributed by atoms with van der Waals surface area (Å²) in [6, 6.07) is 6.18.